The largest absolute Gasteiger partial charge is 0.338 e. The van der Waals surface area contributed by atoms with E-state index in [0.717, 1.165) is 52.8 Å². The van der Waals surface area contributed by atoms with E-state index in [-0.39, 0.29) is 17.3 Å². The van der Waals surface area contributed by atoms with E-state index in [1.807, 2.05) is 19.1 Å². The number of anilines is 2. The first kappa shape index (κ1) is 22.4. The van der Waals surface area contributed by atoms with Crippen molar-refractivity contribution in [3.05, 3.63) is 63.8 Å². The van der Waals surface area contributed by atoms with Crippen LogP contribution < -0.4 is 10.6 Å². The van der Waals surface area contributed by atoms with Crippen molar-refractivity contribution in [2.24, 2.45) is 21.1 Å². The fourth-order valence-corrected chi connectivity index (χ4v) is 5.41. The molecule has 0 N–H and O–H groups in total. The quantitative estimate of drug-likeness (QED) is 0.408. The second kappa shape index (κ2) is 8.11. The van der Waals surface area contributed by atoms with Gasteiger partial charge in [0.2, 0.25) is 0 Å². The van der Waals surface area contributed by atoms with E-state index < -0.39 is 6.43 Å². The maximum absolute atomic E-state index is 14.3. The van der Waals surface area contributed by atoms with Gasteiger partial charge in [0.15, 0.2) is 0 Å². The summed E-state index contributed by atoms with van der Waals surface area (Å²) in [5.74, 6) is 0. The molecule has 0 bridgehead atoms. The third kappa shape index (κ3) is 3.43. The smallest absolute Gasteiger partial charge is 0.328 e. The van der Waals surface area contributed by atoms with Gasteiger partial charge in [0.05, 0.1) is 17.2 Å². The van der Waals surface area contributed by atoms with Crippen molar-refractivity contribution in [1.29, 1.82) is 0 Å². The van der Waals surface area contributed by atoms with E-state index in [1.165, 1.54) is 0 Å². The predicted molar refractivity (Wildman–Crippen MR) is 131 cm³/mol. The second-order valence-electron chi connectivity index (χ2n) is 9.41. The highest BCUT2D eigenvalue weighted by Crippen LogP contribution is 2.43. The van der Waals surface area contributed by atoms with Crippen molar-refractivity contribution in [1.82, 2.24) is 18.9 Å². The van der Waals surface area contributed by atoms with Crippen molar-refractivity contribution >= 4 is 22.4 Å². The number of nitrogens with zero attached hydrogens (tertiary/aromatic N) is 5. The van der Waals surface area contributed by atoms with Gasteiger partial charge in [-0.3, -0.25) is 13.8 Å². The second-order valence-corrected chi connectivity index (χ2v) is 9.41. The minimum absolute atomic E-state index is 0.00996. The van der Waals surface area contributed by atoms with Gasteiger partial charge in [0.25, 0.3) is 6.43 Å². The number of aromatic nitrogens is 4. The molecule has 0 saturated carbocycles. The average molecular weight is 466 g/mol. The number of fused-ring (bicyclic) bond motifs is 2. The number of hydrogen-bond donors (Lipinski definition) is 0. The van der Waals surface area contributed by atoms with Gasteiger partial charge in [0, 0.05) is 55.9 Å². The van der Waals surface area contributed by atoms with Crippen LogP contribution in [0.4, 0.5) is 20.2 Å². The Morgan fingerprint density at radius 1 is 1.09 bits per heavy atom. The van der Waals surface area contributed by atoms with E-state index in [9.17, 15) is 13.6 Å². The zero-order valence-electron chi connectivity index (χ0n) is 20.1. The van der Waals surface area contributed by atoms with Crippen LogP contribution in [0.2, 0.25) is 0 Å². The molecule has 2 aromatic heterocycles. The summed E-state index contributed by atoms with van der Waals surface area (Å²) in [6, 6.07) is 7.77. The van der Waals surface area contributed by atoms with Crippen molar-refractivity contribution in [3.8, 4) is 11.1 Å². The van der Waals surface area contributed by atoms with Crippen LogP contribution in [0.5, 0.6) is 0 Å². The third-order valence-electron chi connectivity index (χ3n) is 7.08. The Morgan fingerprint density at radius 2 is 1.85 bits per heavy atom. The van der Waals surface area contributed by atoms with E-state index in [4.69, 9.17) is 0 Å². The molecule has 1 unspecified atom stereocenters. The molecule has 4 aromatic rings. The highest BCUT2D eigenvalue weighted by atomic mass is 19.3. The summed E-state index contributed by atoms with van der Waals surface area (Å²) < 4.78 is 33.5. The lowest BCUT2D eigenvalue weighted by Crippen LogP contribution is -2.28. The zero-order chi connectivity index (χ0) is 24.3. The van der Waals surface area contributed by atoms with Gasteiger partial charge >= 0.3 is 5.69 Å². The molecule has 8 heteroatoms. The summed E-state index contributed by atoms with van der Waals surface area (Å²) in [5, 5.41) is 4.19. The zero-order valence-corrected chi connectivity index (χ0v) is 20.1. The first-order chi connectivity index (χ1) is 16.2. The molecule has 0 aliphatic carbocycles. The highest BCUT2D eigenvalue weighted by molar-refractivity contribution is 5.86. The molecule has 6 nitrogen and oxygen atoms in total. The molecule has 1 atom stereocenters. The number of rotatable bonds is 3. The lowest BCUT2D eigenvalue weighted by Gasteiger charge is -2.32. The Balaban J connectivity index is 1.75. The summed E-state index contributed by atoms with van der Waals surface area (Å²) in [5.41, 5.74) is 6.63. The van der Waals surface area contributed by atoms with E-state index >= 15 is 0 Å². The first-order valence-electron chi connectivity index (χ1n) is 11.6. The van der Waals surface area contributed by atoms with Gasteiger partial charge in [-0.15, -0.1) is 0 Å². The number of hydrogen-bond acceptors (Lipinski definition) is 3. The van der Waals surface area contributed by atoms with E-state index in [2.05, 4.69) is 23.0 Å². The molecule has 1 aliphatic heterocycles. The molecule has 0 saturated heterocycles. The molecule has 3 heterocycles. The number of alkyl halides is 2. The number of benzene rings is 2. The van der Waals surface area contributed by atoms with Gasteiger partial charge in [-0.2, -0.15) is 5.10 Å². The average Bonchev–Trinajstić information content (AvgIpc) is 3.25. The summed E-state index contributed by atoms with van der Waals surface area (Å²) in [6.45, 7) is 4.13. The summed E-state index contributed by atoms with van der Waals surface area (Å²) in [6.07, 6.45) is 3.52. The van der Waals surface area contributed by atoms with Gasteiger partial charge in [-0.05, 0) is 74.1 Å². The lowest BCUT2D eigenvalue weighted by atomic mass is 9.95. The van der Waals surface area contributed by atoms with Crippen LogP contribution in [-0.4, -0.2) is 25.0 Å². The molecular formula is C26H29F2N5O. The number of imidazole rings is 1. The van der Waals surface area contributed by atoms with Crippen molar-refractivity contribution < 1.29 is 8.78 Å². The van der Waals surface area contributed by atoms with Crippen LogP contribution in [0.15, 0.2) is 41.5 Å². The van der Waals surface area contributed by atoms with Crippen LogP contribution >= 0.6 is 0 Å². The number of aryl methyl sites for hydroxylation is 5. The summed E-state index contributed by atoms with van der Waals surface area (Å²) >= 11 is 0. The Bertz CT molecular complexity index is 1460. The topological polar surface area (TPSA) is 48.0 Å². The highest BCUT2D eigenvalue weighted by Gasteiger charge is 2.28. The Kier molecular flexibility index (Phi) is 5.34. The van der Waals surface area contributed by atoms with Crippen LogP contribution in [0.1, 0.15) is 42.9 Å². The van der Waals surface area contributed by atoms with Gasteiger partial charge in [-0.25, -0.2) is 13.6 Å². The maximum Gasteiger partial charge on any atom is 0.328 e. The summed E-state index contributed by atoms with van der Waals surface area (Å²) in [4.78, 5) is 14.7. The lowest BCUT2D eigenvalue weighted by molar-refractivity contribution is 0.152. The van der Waals surface area contributed by atoms with Crippen molar-refractivity contribution in [2.45, 2.75) is 45.6 Å². The first-order valence-corrected chi connectivity index (χ1v) is 11.6. The fourth-order valence-electron chi connectivity index (χ4n) is 5.41. The molecule has 0 fully saturated rings. The van der Waals surface area contributed by atoms with Crippen LogP contribution in [-0.2, 0) is 27.6 Å². The molecule has 34 heavy (non-hydrogen) atoms. The molecule has 0 spiro atoms. The van der Waals surface area contributed by atoms with E-state index in [0.29, 0.717) is 11.1 Å². The maximum atomic E-state index is 14.3. The van der Waals surface area contributed by atoms with Gasteiger partial charge in [-0.1, -0.05) is 0 Å². The molecule has 1 aliphatic rings. The minimum Gasteiger partial charge on any atom is -0.338 e. The molecule has 0 amide bonds. The molecule has 2 aromatic carbocycles. The standard InChI is InChI=1S/C26H29F2N5O/c1-15-9-19(11-23-24(15)32(5)26(34)31(23)4)33-16(2)7-6-8-17-10-20(18-13-29-30(3)14-18)21(25(27)28)12-22(17)33/h9-14,16,25H,6-8H2,1-5H3. The Morgan fingerprint density at radius 3 is 2.53 bits per heavy atom. The monoisotopic (exact) mass is 465 g/mol. The molecule has 0 radical (unpaired) electrons. The van der Waals surface area contributed by atoms with Gasteiger partial charge < -0.3 is 4.90 Å². The van der Waals surface area contributed by atoms with Crippen LogP contribution in [0.3, 0.4) is 0 Å². The normalized spacial score (nSPS) is 16.4. The third-order valence-corrected chi connectivity index (χ3v) is 7.08. The van der Waals surface area contributed by atoms with Gasteiger partial charge in [0.1, 0.15) is 0 Å². The minimum atomic E-state index is -2.61. The fraction of sp³-hybridized carbons (Fsp3) is 0.385. The van der Waals surface area contributed by atoms with Crippen molar-refractivity contribution in [2.75, 3.05) is 4.90 Å². The van der Waals surface area contributed by atoms with Crippen LogP contribution in [0.25, 0.3) is 22.2 Å². The predicted octanol–water partition coefficient (Wildman–Crippen LogP) is 5.39. The SMILES string of the molecule is Cc1cc(N2c3cc(C(F)F)c(-c4cnn(C)c4)cc3CCCC2C)cc2c1n(C)c(=O)n2C. The molecule has 178 valence electrons. The number of halogens is 2. The van der Waals surface area contributed by atoms with Crippen LogP contribution in [0, 0.1) is 6.92 Å². The van der Waals surface area contributed by atoms with E-state index in [1.54, 1.807) is 53.4 Å². The molecular weight excluding hydrogens is 436 g/mol. The Labute approximate surface area is 197 Å². The Hall–Kier alpha value is -3.42. The summed E-state index contributed by atoms with van der Waals surface area (Å²) in [7, 11) is 5.33. The van der Waals surface area contributed by atoms with Crippen molar-refractivity contribution in [3.63, 3.8) is 0 Å². The molecule has 5 rings (SSSR count).